The molecule has 1 aromatic heterocycles. The molecule has 2 aliphatic carbocycles. The lowest BCUT2D eigenvalue weighted by molar-refractivity contribution is -0.118. The van der Waals surface area contributed by atoms with Gasteiger partial charge in [-0.1, -0.05) is 30.4 Å². The smallest absolute Gasteiger partial charge is 0.228 e. The lowest BCUT2D eigenvalue weighted by atomic mass is 9.82. The molecule has 4 rings (SSSR count). The number of aromatic nitrogens is 2. The molecule has 1 heterocycles. The van der Waals surface area contributed by atoms with E-state index < -0.39 is 0 Å². The first kappa shape index (κ1) is 20.1. The van der Waals surface area contributed by atoms with Gasteiger partial charge in [-0.15, -0.1) is 0 Å². The maximum Gasteiger partial charge on any atom is 0.228 e. The number of anilines is 1. The van der Waals surface area contributed by atoms with Gasteiger partial charge in [-0.25, -0.2) is 9.97 Å². The Bertz CT molecular complexity index is 1000. The lowest BCUT2D eigenvalue weighted by Gasteiger charge is -2.26. The number of nitrogens with zero attached hydrogens (tertiary/aromatic N) is 2. The summed E-state index contributed by atoms with van der Waals surface area (Å²) in [7, 11) is 1.61. The van der Waals surface area contributed by atoms with Gasteiger partial charge in [0.15, 0.2) is 5.75 Å². The molecule has 0 spiro atoms. The van der Waals surface area contributed by atoms with Crippen LogP contribution in [-0.4, -0.2) is 29.6 Å². The SMILES string of the molecule is COc1cccc(NC(=O)[C@@H]2C[C@@]2(COc2cnc(C)nc2C)C2C=CC=CC2)c1. The zero-order valence-corrected chi connectivity index (χ0v) is 17.6. The third kappa shape index (κ3) is 4.08. The monoisotopic (exact) mass is 405 g/mol. The molecule has 0 saturated heterocycles. The van der Waals surface area contributed by atoms with Gasteiger partial charge in [-0.2, -0.15) is 0 Å². The molecule has 30 heavy (non-hydrogen) atoms. The Hall–Kier alpha value is -3.15. The first-order chi connectivity index (χ1) is 14.5. The van der Waals surface area contributed by atoms with E-state index in [0.717, 1.165) is 30.0 Å². The van der Waals surface area contributed by atoms with Gasteiger partial charge in [0.25, 0.3) is 0 Å². The van der Waals surface area contributed by atoms with Gasteiger partial charge in [0.1, 0.15) is 11.6 Å². The maximum absolute atomic E-state index is 13.1. The van der Waals surface area contributed by atoms with Gasteiger partial charge in [0, 0.05) is 23.1 Å². The van der Waals surface area contributed by atoms with Gasteiger partial charge >= 0.3 is 0 Å². The molecule has 156 valence electrons. The summed E-state index contributed by atoms with van der Waals surface area (Å²) in [4.78, 5) is 21.7. The maximum atomic E-state index is 13.1. The number of rotatable bonds is 7. The minimum Gasteiger partial charge on any atom is -0.497 e. The lowest BCUT2D eigenvalue weighted by Crippen LogP contribution is -2.29. The highest BCUT2D eigenvalue weighted by Crippen LogP contribution is 2.60. The predicted molar refractivity (Wildman–Crippen MR) is 116 cm³/mol. The first-order valence-electron chi connectivity index (χ1n) is 10.2. The van der Waals surface area contributed by atoms with Gasteiger partial charge in [-0.3, -0.25) is 4.79 Å². The van der Waals surface area contributed by atoms with Crippen LogP contribution in [0.1, 0.15) is 24.4 Å². The second-order valence-corrected chi connectivity index (χ2v) is 8.02. The van der Waals surface area contributed by atoms with Crippen molar-refractivity contribution in [2.75, 3.05) is 19.0 Å². The summed E-state index contributed by atoms with van der Waals surface area (Å²) in [5, 5.41) is 3.05. The summed E-state index contributed by atoms with van der Waals surface area (Å²) >= 11 is 0. The van der Waals surface area contributed by atoms with E-state index in [2.05, 4.69) is 39.6 Å². The van der Waals surface area contributed by atoms with Crippen molar-refractivity contribution >= 4 is 11.6 Å². The minimum atomic E-state index is -0.235. The largest absolute Gasteiger partial charge is 0.497 e. The zero-order chi connectivity index (χ0) is 21.1. The third-order valence-corrected chi connectivity index (χ3v) is 6.04. The second-order valence-electron chi connectivity index (χ2n) is 8.02. The molecule has 1 fully saturated rings. The molecule has 1 amide bonds. The number of hydrogen-bond acceptors (Lipinski definition) is 5. The van der Waals surface area contributed by atoms with Crippen molar-refractivity contribution in [2.24, 2.45) is 17.3 Å². The molecule has 1 saturated carbocycles. The zero-order valence-electron chi connectivity index (χ0n) is 17.6. The number of methoxy groups -OCH3 is 1. The van der Waals surface area contributed by atoms with E-state index in [-0.39, 0.29) is 23.2 Å². The highest BCUT2D eigenvalue weighted by molar-refractivity contribution is 5.95. The first-order valence-corrected chi connectivity index (χ1v) is 10.2. The van der Waals surface area contributed by atoms with Gasteiger partial charge < -0.3 is 14.8 Å². The Labute approximate surface area is 177 Å². The average Bonchev–Trinajstić information content (AvgIpc) is 3.50. The summed E-state index contributed by atoms with van der Waals surface area (Å²) in [5.41, 5.74) is 1.32. The summed E-state index contributed by atoms with van der Waals surface area (Å²) in [5.74, 6) is 2.28. The fourth-order valence-corrected chi connectivity index (χ4v) is 4.21. The van der Waals surface area contributed by atoms with Crippen molar-refractivity contribution in [1.82, 2.24) is 9.97 Å². The van der Waals surface area contributed by atoms with E-state index in [4.69, 9.17) is 9.47 Å². The number of carbonyl (C=O) groups excluding carboxylic acids is 1. The van der Waals surface area contributed by atoms with Crippen LogP contribution in [0.3, 0.4) is 0 Å². The number of aryl methyl sites for hydroxylation is 2. The van der Waals surface area contributed by atoms with Crippen molar-refractivity contribution in [3.8, 4) is 11.5 Å². The third-order valence-electron chi connectivity index (χ3n) is 6.04. The Morgan fingerprint density at radius 2 is 2.17 bits per heavy atom. The Balaban J connectivity index is 1.50. The van der Waals surface area contributed by atoms with E-state index in [9.17, 15) is 4.79 Å². The highest BCUT2D eigenvalue weighted by Gasteiger charge is 2.62. The molecule has 1 unspecified atom stereocenters. The van der Waals surface area contributed by atoms with Gasteiger partial charge in [0.05, 0.1) is 25.6 Å². The van der Waals surface area contributed by atoms with Gasteiger partial charge in [-0.05, 0) is 44.7 Å². The molecule has 0 radical (unpaired) electrons. The number of amides is 1. The molecule has 6 heteroatoms. The normalized spacial score (nSPS) is 24.4. The van der Waals surface area contributed by atoms with Crippen LogP contribution < -0.4 is 14.8 Å². The quantitative estimate of drug-likeness (QED) is 0.745. The molecule has 2 aliphatic rings. The summed E-state index contributed by atoms with van der Waals surface area (Å²) in [6.07, 6.45) is 11.9. The fraction of sp³-hybridized carbons (Fsp3) is 0.375. The molecular formula is C24H27N3O3. The van der Waals surface area contributed by atoms with E-state index >= 15 is 0 Å². The van der Waals surface area contributed by atoms with Crippen molar-refractivity contribution in [1.29, 1.82) is 0 Å². The van der Waals surface area contributed by atoms with Crippen LogP contribution in [0, 0.1) is 31.1 Å². The number of benzene rings is 1. The predicted octanol–water partition coefficient (Wildman–Crippen LogP) is 4.26. The number of nitrogens with one attached hydrogen (secondary N) is 1. The Kier molecular flexibility index (Phi) is 5.57. The van der Waals surface area contributed by atoms with Crippen molar-refractivity contribution in [2.45, 2.75) is 26.7 Å². The van der Waals surface area contributed by atoms with Crippen molar-refractivity contribution in [3.05, 3.63) is 66.3 Å². The van der Waals surface area contributed by atoms with E-state index in [0.29, 0.717) is 18.1 Å². The molecule has 6 nitrogen and oxygen atoms in total. The summed E-state index contributed by atoms with van der Waals surface area (Å²) in [6.45, 7) is 4.23. The topological polar surface area (TPSA) is 73.3 Å². The number of hydrogen-bond donors (Lipinski definition) is 1. The van der Waals surface area contributed by atoms with Crippen LogP contribution in [-0.2, 0) is 4.79 Å². The number of carbonyl (C=O) groups is 1. The van der Waals surface area contributed by atoms with Crippen LogP contribution in [0.5, 0.6) is 11.5 Å². The molecule has 3 atom stereocenters. The molecule has 2 aromatic rings. The van der Waals surface area contributed by atoms with Crippen LogP contribution in [0.25, 0.3) is 0 Å². The van der Waals surface area contributed by atoms with E-state index in [1.807, 2.05) is 38.1 Å². The minimum absolute atomic E-state index is 0.0201. The van der Waals surface area contributed by atoms with Crippen molar-refractivity contribution < 1.29 is 14.3 Å². The van der Waals surface area contributed by atoms with Crippen molar-refractivity contribution in [3.63, 3.8) is 0 Å². The van der Waals surface area contributed by atoms with Crippen LogP contribution >= 0.6 is 0 Å². The van der Waals surface area contributed by atoms with E-state index in [1.165, 1.54) is 0 Å². The molecular weight excluding hydrogens is 378 g/mol. The molecule has 1 aromatic carbocycles. The summed E-state index contributed by atoms with van der Waals surface area (Å²) in [6, 6.07) is 7.43. The Morgan fingerprint density at radius 3 is 2.90 bits per heavy atom. The fourth-order valence-electron chi connectivity index (χ4n) is 4.21. The number of ether oxygens (including phenoxy) is 2. The van der Waals surface area contributed by atoms with Crippen LogP contribution in [0.4, 0.5) is 5.69 Å². The second kappa shape index (κ2) is 8.30. The summed E-state index contributed by atoms with van der Waals surface area (Å²) < 4.78 is 11.4. The van der Waals surface area contributed by atoms with Crippen LogP contribution in [0.15, 0.2) is 54.8 Å². The number of allylic oxidation sites excluding steroid dienone is 4. The van der Waals surface area contributed by atoms with E-state index in [1.54, 1.807) is 13.3 Å². The molecule has 1 N–H and O–H groups in total. The van der Waals surface area contributed by atoms with Crippen LogP contribution in [0.2, 0.25) is 0 Å². The average molecular weight is 405 g/mol. The molecule has 0 bridgehead atoms. The molecule has 0 aliphatic heterocycles. The Morgan fingerprint density at radius 1 is 1.30 bits per heavy atom. The standard InChI is InChI=1S/C24H27N3O3/c1-16-22(14-25-17(2)26-16)30-15-24(18-8-5-4-6-9-18)13-21(24)23(28)27-19-10-7-11-20(12-19)29-3/h4-8,10-12,14,18,21H,9,13,15H2,1-3H3,(H,27,28)/t18?,21-,24+/m0/s1. The van der Waals surface area contributed by atoms with Gasteiger partial charge in [0.2, 0.25) is 5.91 Å². The highest BCUT2D eigenvalue weighted by atomic mass is 16.5.